The molecule has 2 nitrogen and oxygen atoms in total. The molecule has 0 unspecified atom stereocenters. The van der Waals surface area contributed by atoms with E-state index in [9.17, 15) is 0 Å². The van der Waals surface area contributed by atoms with Gasteiger partial charge in [0.1, 0.15) is 5.75 Å². The summed E-state index contributed by atoms with van der Waals surface area (Å²) in [6.07, 6.45) is 0. The summed E-state index contributed by atoms with van der Waals surface area (Å²) in [6.45, 7) is 4.93. The predicted molar refractivity (Wildman–Crippen MR) is 60.4 cm³/mol. The maximum Gasteiger partial charge on any atom is 0.119 e. The molecule has 0 aromatic heterocycles. The van der Waals surface area contributed by atoms with E-state index in [1.54, 1.807) is 0 Å². The lowest BCUT2D eigenvalue weighted by atomic mass is 10.2. The first-order valence-electron chi connectivity index (χ1n) is 4.65. The zero-order valence-corrected chi connectivity index (χ0v) is 10.0. The van der Waals surface area contributed by atoms with Crippen LogP contribution in [0.3, 0.4) is 0 Å². The Morgan fingerprint density at radius 2 is 2.14 bits per heavy atom. The van der Waals surface area contributed by atoms with Gasteiger partial charge in [0.25, 0.3) is 0 Å². The predicted octanol–water partition coefficient (Wildman–Crippen LogP) is 2.98. The highest BCUT2D eigenvalue weighted by molar-refractivity contribution is 9.10. The number of hydrogen-bond acceptors (Lipinski definition) is 2. The molecule has 1 rings (SSSR count). The highest BCUT2D eigenvalue weighted by Gasteiger charge is 2.02. The van der Waals surface area contributed by atoms with E-state index in [2.05, 4.69) is 29.8 Å². The average molecular weight is 259 g/mol. The summed E-state index contributed by atoms with van der Waals surface area (Å²) in [7, 11) is 0. The summed E-state index contributed by atoms with van der Waals surface area (Å²) < 4.78 is 6.45. The summed E-state index contributed by atoms with van der Waals surface area (Å²) in [5, 5.41) is 9.03. The number of aliphatic hydroxyl groups is 1. The lowest BCUT2D eigenvalue weighted by Crippen LogP contribution is -2.04. The standard InChI is InChI=1S/C11H15BrO2/c1-8(2)7-14-10-3-4-11(12)9(5-10)6-13/h3-5,8,13H,6-7H2,1-2H3. The van der Waals surface area contributed by atoms with Crippen LogP contribution < -0.4 is 4.74 Å². The van der Waals surface area contributed by atoms with Gasteiger partial charge in [-0.25, -0.2) is 0 Å². The van der Waals surface area contributed by atoms with E-state index in [0.717, 1.165) is 15.8 Å². The Morgan fingerprint density at radius 3 is 2.71 bits per heavy atom. The van der Waals surface area contributed by atoms with Gasteiger partial charge in [0.2, 0.25) is 0 Å². The van der Waals surface area contributed by atoms with E-state index in [0.29, 0.717) is 12.5 Å². The summed E-state index contributed by atoms with van der Waals surface area (Å²) in [6, 6.07) is 5.64. The fourth-order valence-corrected chi connectivity index (χ4v) is 1.40. The van der Waals surface area contributed by atoms with Crippen molar-refractivity contribution >= 4 is 15.9 Å². The molecule has 0 aliphatic rings. The van der Waals surface area contributed by atoms with Crippen LogP contribution in [0.5, 0.6) is 5.75 Å². The fourth-order valence-electron chi connectivity index (χ4n) is 1.02. The molecule has 0 amide bonds. The van der Waals surface area contributed by atoms with Gasteiger partial charge < -0.3 is 9.84 Å². The van der Waals surface area contributed by atoms with Crippen LogP contribution in [0.2, 0.25) is 0 Å². The Morgan fingerprint density at radius 1 is 1.43 bits per heavy atom. The molecular formula is C11H15BrO2. The maximum atomic E-state index is 9.03. The molecule has 0 saturated carbocycles. The van der Waals surface area contributed by atoms with Crippen LogP contribution in [-0.4, -0.2) is 11.7 Å². The number of halogens is 1. The van der Waals surface area contributed by atoms with Gasteiger partial charge in [-0.2, -0.15) is 0 Å². The van der Waals surface area contributed by atoms with E-state index in [1.807, 2.05) is 18.2 Å². The van der Waals surface area contributed by atoms with Crippen molar-refractivity contribution in [3.8, 4) is 5.75 Å². The normalized spacial score (nSPS) is 10.6. The second-order valence-corrected chi connectivity index (χ2v) is 4.47. The Hall–Kier alpha value is -0.540. The molecule has 0 spiro atoms. The minimum Gasteiger partial charge on any atom is -0.493 e. The van der Waals surface area contributed by atoms with Gasteiger partial charge in [-0.05, 0) is 29.7 Å². The Balaban J connectivity index is 2.69. The van der Waals surface area contributed by atoms with Gasteiger partial charge in [-0.3, -0.25) is 0 Å². The largest absolute Gasteiger partial charge is 0.493 e. The molecule has 0 radical (unpaired) electrons. The molecule has 3 heteroatoms. The maximum absolute atomic E-state index is 9.03. The minimum atomic E-state index is 0.0272. The molecule has 0 saturated heterocycles. The summed E-state index contributed by atoms with van der Waals surface area (Å²) in [5.74, 6) is 1.32. The van der Waals surface area contributed by atoms with Crippen molar-refractivity contribution in [2.45, 2.75) is 20.5 Å². The van der Waals surface area contributed by atoms with Crippen molar-refractivity contribution < 1.29 is 9.84 Å². The molecule has 14 heavy (non-hydrogen) atoms. The smallest absolute Gasteiger partial charge is 0.119 e. The minimum absolute atomic E-state index is 0.0272. The summed E-state index contributed by atoms with van der Waals surface area (Å²) >= 11 is 3.36. The van der Waals surface area contributed by atoms with Crippen LogP contribution in [0.1, 0.15) is 19.4 Å². The van der Waals surface area contributed by atoms with Crippen LogP contribution >= 0.6 is 15.9 Å². The zero-order valence-electron chi connectivity index (χ0n) is 8.46. The van der Waals surface area contributed by atoms with Crippen molar-refractivity contribution in [2.75, 3.05) is 6.61 Å². The van der Waals surface area contributed by atoms with Gasteiger partial charge in [0.15, 0.2) is 0 Å². The second kappa shape index (κ2) is 5.37. The fraction of sp³-hybridized carbons (Fsp3) is 0.455. The van der Waals surface area contributed by atoms with Crippen LogP contribution in [0.25, 0.3) is 0 Å². The SMILES string of the molecule is CC(C)COc1ccc(Br)c(CO)c1. The highest BCUT2D eigenvalue weighted by Crippen LogP contribution is 2.22. The molecule has 1 aromatic rings. The van der Waals surface area contributed by atoms with E-state index in [-0.39, 0.29) is 6.61 Å². The number of rotatable bonds is 4. The molecule has 0 heterocycles. The third-order valence-corrected chi connectivity index (χ3v) is 2.54. The zero-order chi connectivity index (χ0) is 10.6. The summed E-state index contributed by atoms with van der Waals surface area (Å²) in [5.41, 5.74) is 0.853. The topological polar surface area (TPSA) is 29.5 Å². The quantitative estimate of drug-likeness (QED) is 0.900. The molecule has 78 valence electrons. The molecule has 0 bridgehead atoms. The third kappa shape index (κ3) is 3.31. The first-order chi connectivity index (χ1) is 6.63. The molecule has 0 aliphatic carbocycles. The third-order valence-electron chi connectivity index (χ3n) is 1.77. The molecule has 1 aromatic carbocycles. The van der Waals surface area contributed by atoms with Crippen molar-refractivity contribution in [1.82, 2.24) is 0 Å². The van der Waals surface area contributed by atoms with Crippen molar-refractivity contribution in [1.29, 1.82) is 0 Å². The highest BCUT2D eigenvalue weighted by atomic mass is 79.9. The molecule has 0 fully saturated rings. The molecular weight excluding hydrogens is 244 g/mol. The van der Waals surface area contributed by atoms with E-state index in [1.165, 1.54) is 0 Å². The van der Waals surface area contributed by atoms with Crippen LogP contribution in [0.15, 0.2) is 22.7 Å². The van der Waals surface area contributed by atoms with Gasteiger partial charge >= 0.3 is 0 Å². The van der Waals surface area contributed by atoms with Gasteiger partial charge in [0, 0.05) is 4.47 Å². The van der Waals surface area contributed by atoms with Crippen molar-refractivity contribution in [2.24, 2.45) is 5.92 Å². The first-order valence-corrected chi connectivity index (χ1v) is 5.45. The average Bonchev–Trinajstić information content (AvgIpc) is 2.16. The van der Waals surface area contributed by atoms with E-state index >= 15 is 0 Å². The van der Waals surface area contributed by atoms with E-state index in [4.69, 9.17) is 9.84 Å². The molecule has 1 N–H and O–H groups in total. The number of benzene rings is 1. The van der Waals surface area contributed by atoms with Crippen LogP contribution in [-0.2, 0) is 6.61 Å². The van der Waals surface area contributed by atoms with Gasteiger partial charge in [0.05, 0.1) is 13.2 Å². The second-order valence-electron chi connectivity index (χ2n) is 3.62. The summed E-state index contributed by atoms with van der Waals surface area (Å²) in [4.78, 5) is 0. The molecule has 0 atom stereocenters. The van der Waals surface area contributed by atoms with E-state index < -0.39 is 0 Å². The Kier molecular flexibility index (Phi) is 4.42. The lowest BCUT2D eigenvalue weighted by Gasteiger charge is -2.10. The number of ether oxygens (including phenoxy) is 1. The lowest BCUT2D eigenvalue weighted by molar-refractivity contribution is 0.265. The van der Waals surface area contributed by atoms with Crippen LogP contribution in [0, 0.1) is 5.92 Å². The van der Waals surface area contributed by atoms with Crippen molar-refractivity contribution in [3.63, 3.8) is 0 Å². The first kappa shape index (κ1) is 11.5. The van der Waals surface area contributed by atoms with Crippen molar-refractivity contribution in [3.05, 3.63) is 28.2 Å². The molecule has 0 aliphatic heterocycles. The van der Waals surface area contributed by atoms with Gasteiger partial charge in [-0.15, -0.1) is 0 Å². The van der Waals surface area contributed by atoms with Gasteiger partial charge in [-0.1, -0.05) is 29.8 Å². The number of hydrogen-bond donors (Lipinski definition) is 1. The monoisotopic (exact) mass is 258 g/mol. The van der Waals surface area contributed by atoms with Crippen LogP contribution in [0.4, 0.5) is 0 Å². The Bertz CT molecular complexity index is 297. The number of aliphatic hydroxyl groups excluding tert-OH is 1. The Labute approximate surface area is 93.0 Å².